The fourth-order valence-corrected chi connectivity index (χ4v) is 5.29. The maximum absolute atomic E-state index is 12.5. The number of aliphatic hydroxyl groups excluding tert-OH is 1. The third kappa shape index (κ3) is 2.66. The number of methoxy groups -OCH3 is 1. The highest BCUT2D eigenvalue weighted by molar-refractivity contribution is 5.97. The van der Waals surface area contributed by atoms with Gasteiger partial charge in [-0.15, -0.1) is 0 Å². The molecule has 0 aromatic heterocycles. The van der Waals surface area contributed by atoms with Gasteiger partial charge in [-0.05, 0) is 65.7 Å². The molecule has 4 heteroatoms. The number of aryl methyl sites for hydroxylation is 1. The first-order valence-electron chi connectivity index (χ1n) is 9.24. The Hall–Kier alpha value is -1.55. The van der Waals surface area contributed by atoms with Crippen molar-refractivity contribution >= 4 is 5.91 Å². The van der Waals surface area contributed by atoms with Gasteiger partial charge >= 0.3 is 0 Å². The predicted molar refractivity (Wildman–Crippen MR) is 99.2 cm³/mol. The van der Waals surface area contributed by atoms with Crippen LogP contribution >= 0.6 is 0 Å². The molecule has 0 bridgehead atoms. The molecule has 25 heavy (non-hydrogen) atoms. The van der Waals surface area contributed by atoms with Crippen molar-refractivity contribution in [3.05, 3.63) is 28.8 Å². The third-order valence-corrected chi connectivity index (χ3v) is 6.84. The SMILES string of the molecule is COc1cc2c(cc1C(=O)N(C)C)CC[C@H]1C(C)(C)[C@@H](O)CC[C@]21C. The van der Waals surface area contributed by atoms with Crippen molar-refractivity contribution in [3.63, 3.8) is 0 Å². The number of nitrogens with zero attached hydrogens (tertiary/aromatic N) is 1. The summed E-state index contributed by atoms with van der Waals surface area (Å²) in [5, 5.41) is 10.5. The first kappa shape index (κ1) is 18.2. The lowest BCUT2D eigenvalue weighted by Gasteiger charge is -2.56. The molecule has 0 unspecified atom stereocenters. The van der Waals surface area contributed by atoms with E-state index in [1.165, 1.54) is 11.1 Å². The topological polar surface area (TPSA) is 49.8 Å². The molecule has 1 N–H and O–H groups in total. The number of hydrogen-bond acceptors (Lipinski definition) is 3. The Morgan fingerprint density at radius 1 is 1.24 bits per heavy atom. The number of amides is 1. The van der Waals surface area contributed by atoms with E-state index in [0.717, 1.165) is 25.7 Å². The largest absolute Gasteiger partial charge is 0.496 e. The van der Waals surface area contributed by atoms with Crippen LogP contribution in [0, 0.1) is 11.3 Å². The van der Waals surface area contributed by atoms with E-state index in [9.17, 15) is 9.90 Å². The van der Waals surface area contributed by atoms with E-state index in [0.29, 0.717) is 17.2 Å². The highest BCUT2D eigenvalue weighted by atomic mass is 16.5. The number of carbonyl (C=O) groups excluding carboxylic acids is 1. The first-order valence-corrected chi connectivity index (χ1v) is 9.24. The molecule has 1 saturated carbocycles. The summed E-state index contributed by atoms with van der Waals surface area (Å²) < 4.78 is 5.58. The highest BCUT2D eigenvalue weighted by Gasteiger charge is 2.53. The van der Waals surface area contributed by atoms with Gasteiger partial charge < -0.3 is 14.7 Å². The Labute approximate surface area is 151 Å². The van der Waals surface area contributed by atoms with E-state index in [2.05, 4.69) is 26.8 Å². The molecule has 3 atom stereocenters. The summed E-state index contributed by atoms with van der Waals surface area (Å²) in [6, 6.07) is 4.13. The van der Waals surface area contributed by atoms with E-state index < -0.39 is 0 Å². The second-order valence-corrected chi connectivity index (χ2v) is 8.79. The average Bonchev–Trinajstić information content (AvgIpc) is 2.56. The molecule has 0 heterocycles. The molecule has 1 aromatic carbocycles. The fraction of sp³-hybridized carbons (Fsp3) is 0.667. The quantitative estimate of drug-likeness (QED) is 0.894. The van der Waals surface area contributed by atoms with Crippen molar-refractivity contribution in [2.45, 2.75) is 58.0 Å². The van der Waals surface area contributed by atoms with E-state index in [-0.39, 0.29) is 22.8 Å². The molecule has 0 radical (unpaired) electrons. The van der Waals surface area contributed by atoms with Crippen molar-refractivity contribution < 1.29 is 14.6 Å². The minimum Gasteiger partial charge on any atom is -0.496 e. The van der Waals surface area contributed by atoms with Gasteiger partial charge in [0.05, 0.1) is 18.8 Å². The van der Waals surface area contributed by atoms with Crippen LogP contribution in [0.4, 0.5) is 0 Å². The van der Waals surface area contributed by atoms with Crippen molar-refractivity contribution in [3.8, 4) is 5.75 Å². The minimum atomic E-state index is -0.247. The number of aliphatic hydroxyl groups is 1. The number of benzene rings is 1. The molecule has 0 aliphatic heterocycles. The van der Waals surface area contributed by atoms with Crippen LogP contribution in [0.5, 0.6) is 5.75 Å². The Bertz CT molecular complexity index is 695. The van der Waals surface area contributed by atoms with Crippen LogP contribution in [0.3, 0.4) is 0 Å². The lowest BCUT2D eigenvalue weighted by molar-refractivity contribution is -0.0731. The Balaban J connectivity index is 2.13. The van der Waals surface area contributed by atoms with Crippen molar-refractivity contribution in [2.75, 3.05) is 21.2 Å². The lowest BCUT2D eigenvalue weighted by atomic mass is 9.49. The van der Waals surface area contributed by atoms with Gasteiger partial charge in [0.1, 0.15) is 5.75 Å². The number of fused-ring (bicyclic) bond motifs is 3. The van der Waals surface area contributed by atoms with Gasteiger partial charge in [-0.25, -0.2) is 0 Å². The molecular weight excluding hydrogens is 314 g/mol. The first-order chi connectivity index (χ1) is 11.6. The van der Waals surface area contributed by atoms with Gasteiger partial charge in [-0.3, -0.25) is 4.79 Å². The molecule has 1 amide bonds. The molecule has 0 saturated heterocycles. The van der Waals surface area contributed by atoms with E-state index in [4.69, 9.17) is 4.74 Å². The number of rotatable bonds is 2. The molecule has 2 aliphatic carbocycles. The zero-order valence-corrected chi connectivity index (χ0v) is 16.3. The standard InChI is InChI=1S/C21H31NO3/c1-20(2)17-8-7-13-11-14(19(24)22(4)5)16(25-6)12-15(13)21(17,3)10-9-18(20)23/h11-12,17-18,23H,7-10H2,1-6H3/t17-,18-,21+/m0/s1. The number of ether oxygens (including phenoxy) is 1. The minimum absolute atomic E-state index is 0.0172. The normalized spacial score (nSPS) is 30.2. The second kappa shape index (κ2) is 6.01. The molecule has 3 rings (SSSR count). The van der Waals surface area contributed by atoms with Crippen LogP contribution in [0.25, 0.3) is 0 Å². The summed E-state index contributed by atoms with van der Waals surface area (Å²) in [5.41, 5.74) is 3.12. The second-order valence-electron chi connectivity index (χ2n) is 8.79. The van der Waals surface area contributed by atoms with Crippen LogP contribution in [-0.2, 0) is 11.8 Å². The summed E-state index contributed by atoms with van der Waals surface area (Å²) in [6.45, 7) is 6.73. The summed E-state index contributed by atoms with van der Waals surface area (Å²) >= 11 is 0. The monoisotopic (exact) mass is 345 g/mol. The Morgan fingerprint density at radius 3 is 2.52 bits per heavy atom. The van der Waals surface area contributed by atoms with E-state index >= 15 is 0 Å². The fourth-order valence-electron chi connectivity index (χ4n) is 5.29. The zero-order valence-electron chi connectivity index (χ0n) is 16.3. The van der Waals surface area contributed by atoms with Gasteiger partial charge in [0.25, 0.3) is 5.91 Å². The molecule has 138 valence electrons. The summed E-state index contributed by atoms with van der Waals surface area (Å²) in [6.07, 6.45) is 3.54. The Morgan fingerprint density at radius 2 is 1.92 bits per heavy atom. The summed E-state index contributed by atoms with van der Waals surface area (Å²) in [7, 11) is 5.17. The number of hydrogen-bond donors (Lipinski definition) is 1. The molecular formula is C21H31NO3. The average molecular weight is 345 g/mol. The molecule has 0 spiro atoms. The van der Waals surface area contributed by atoms with Crippen molar-refractivity contribution in [1.82, 2.24) is 4.90 Å². The molecule has 1 fully saturated rings. The molecule has 2 aliphatic rings. The highest BCUT2D eigenvalue weighted by Crippen LogP contribution is 2.57. The van der Waals surface area contributed by atoms with Crippen LogP contribution in [0.15, 0.2) is 12.1 Å². The van der Waals surface area contributed by atoms with Crippen molar-refractivity contribution in [1.29, 1.82) is 0 Å². The van der Waals surface area contributed by atoms with E-state index in [1.807, 2.05) is 6.07 Å². The zero-order chi connectivity index (χ0) is 18.6. The van der Waals surface area contributed by atoms with Gasteiger partial charge in [-0.1, -0.05) is 20.8 Å². The molecule has 1 aromatic rings. The van der Waals surface area contributed by atoms with Crippen LogP contribution in [-0.4, -0.2) is 43.2 Å². The van der Waals surface area contributed by atoms with Gasteiger partial charge in [0.2, 0.25) is 0 Å². The van der Waals surface area contributed by atoms with Crippen LogP contribution in [0.1, 0.15) is 61.5 Å². The van der Waals surface area contributed by atoms with E-state index in [1.54, 1.807) is 26.1 Å². The molecule has 4 nitrogen and oxygen atoms in total. The van der Waals surface area contributed by atoms with Gasteiger partial charge in [-0.2, -0.15) is 0 Å². The van der Waals surface area contributed by atoms with Gasteiger partial charge in [0.15, 0.2) is 0 Å². The van der Waals surface area contributed by atoms with Crippen LogP contribution < -0.4 is 4.74 Å². The maximum Gasteiger partial charge on any atom is 0.257 e. The number of carbonyl (C=O) groups is 1. The third-order valence-electron chi connectivity index (χ3n) is 6.84. The predicted octanol–water partition coefficient (Wildman–Crippen LogP) is 3.40. The summed E-state index contributed by atoms with van der Waals surface area (Å²) in [4.78, 5) is 14.1. The smallest absolute Gasteiger partial charge is 0.257 e. The Kier molecular flexibility index (Phi) is 4.39. The van der Waals surface area contributed by atoms with Crippen molar-refractivity contribution in [2.24, 2.45) is 11.3 Å². The maximum atomic E-state index is 12.5. The van der Waals surface area contributed by atoms with Crippen LogP contribution in [0.2, 0.25) is 0 Å². The van der Waals surface area contributed by atoms with Gasteiger partial charge in [0, 0.05) is 14.1 Å². The summed E-state index contributed by atoms with van der Waals surface area (Å²) in [5.74, 6) is 1.06. The lowest BCUT2D eigenvalue weighted by Crippen LogP contribution is -2.53.